The van der Waals surface area contributed by atoms with E-state index in [9.17, 15) is 13.2 Å². The van der Waals surface area contributed by atoms with Gasteiger partial charge in [-0.1, -0.05) is 0 Å². The van der Waals surface area contributed by atoms with Crippen LogP contribution in [0.2, 0.25) is 0 Å². The minimum atomic E-state index is -1.47. The second kappa shape index (κ2) is 4.96. The van der Waals surface area contributed by atoms with Crippen LogP contribution in [0.4, 0.5) is 13.2 Å². The van der Waals surface area contributed by atoms with Crippen LogP contribution in [0.1, 0.15) is 24.8 Å². The molecule has 0 spiro atoms. The summed E-state index contributed by atoms with van der Waals surface area (Å²) >= 11 is 0. The van der Waals surface area contributed by atoms with E-state index in [4.69, 9.17) is 9.47 Å². The molecule has 0 saturated carbocycles. The molecule has 0 N–H and O–H groups in total. The van der Waals surface area contributed by atoms with Crippen LogP contribution in [0.25, 0.3) is 0 Å². The number of hydrogen-bond donors (Lipinski definition) is 0. The van der Waals surface area contributed by atoms with Crippen LogP contribution in [-0.4, -0.2) is 12.9 Å². The van der Waals surface area contributed by atoms with E-state index in [2.05, 4.69) is 0 Å². The Morgan fingerprint density at radius 3 is 2.65 bits per heavy atom. The number of halogens is 3. The molecule has 0 aliphatic carbocycles. The van der Waals surface area contributed by atoms with Crippen molar-refractivity contribution in [2.24, 2.45) is 0 Å². The molecule has 17 heavy (non-hydrogen) atoms. The predicted octanol–water partition coefficient (Wildman–Crippen LogP) is 3.32. The van der Waals surface area contributed by atoms with Crippen LogP contribution < -0.4 is 4.74 Å². The molecule has 1 aliphatic heterocycles. The van der Waals surface area contributed by atoms with Gasteiger partial charge in [0.2, 0.25) is 0 Å². The number of ether oxygens (including phenoxy) is 2. The quantitative estimate of drug-likeness (QED) is 0.745. The fraction of sp³-hybridized carbons (Fsp3) is 0.500. The van der Waals surface area contributed by atoms with Gasteiger partial charge >= 0.3 is 0 Å². The van der Waals surface area contributed by atoms with Gasteiger partial charge in [0.15, 0.2) is 23.7 Å². The summed E-state index contributed by atoms with van der Waals surface area (Å²) < 4.78 is 49.8. The summed E-state index contributed by atoms with van der Waals surface area (Å²) in [6.07, 6.45) is 2.05. The van der Waals surface area contributed by atoms with Crippen LogP contribution in [0.5, 0.6) is 5.75 Å². The molecule has 1 heterocycles. The second-order valence-electron chi connectivity index (χ2n) is 4.02. The predicted molar refractivity (Wildman–Crippen MR) is 55.3 cm³/mol. The van der Waals surface area contributed by atoms with Crippen LogP contribution in [-0.2, 0) is 4.74 Å². The van der Waals surface area contributed by atoms with Crippen LogP contribution in [0, 0.1) is 24.4 Å². The van der Waals surface area contributed by atoms with Crippen LogP contribution >= 0.6 is 0 Å². The van der Waals surface area contributed by atoms with Crippen molar-refractivity contribution in [3.63, 3.8) is 0 Å². The monoisotopic (exact) mass is 246 g/mol. The molecule has 1 fully saturated rings. The van der Waals surface area contributed by atoms with Crippen molar-refractivity contribution in [1.29, 1.82) is 0 Å². The van der Waals surface area contributed by atoms with E-state index in [1.54, 1.807) is 0 Å². The Morgan fingerprint density at radius 2 is 2.00 bits per heavy atom. The summed E-state index contributed by atoms with van der Waals surface area (Å²) in [6.45, 7) is 1.91. The van der Waals surface area contributed by atoms with E-state index in [-0.39, 0.29) is 11.3 Å². The van der Waals surface area contributed by atoms with E-state index in [1.807, 2.05) is 0 Å². The average Bonchev–Trinajstić information content (AvgIpc) is 2.35. The smallest absolute Gasteiger partial charge is 0.199 e. The maximum atomic E-state index is 13.3. The lowest BCUT2D eigenvalue weighted by molar-refractivity contribution is -0.106. The fourth-order valence-corrected chi connectivity index (χ4v) is 1.73. The van der Waals surface area contributed by atoms with Gasteiger partial charge in [-0.25, -0.2) is 13.2 Å². The van der Waals surface area contributed by atoms with Gasteiger partial charge in [-0.15, -0.1) is 0 Å². The van der Waals surface area contributed by atoms with Crippen LogP contribution in [0.3, 0.4) is 0 Å². The zero-order valence-electron chi connectivity index (χ0n) is 9.43. The zero-order valence-corrected chi connectivity index (χ0v) is 9.43. The van der Waals surface area contributed by atoms with Gasteiger partial charge in [-0.05, 0) is 19.8 Å². The molecular formula is C12H13F3O2. The minimum absolute atomic E-state index is 0.00620. The summed E-state index contributed by atoms with van der Waals surface area (Å²) in [7, 11) is 0. The fourth-order valence-electron chi connectivity index (χ4n) is 1.73. The van der Waals surface area contributed by atoms with E-state index in [1.165, 1.54) is 6.92 Å². The highest BCUT2D eigenvalue weighted by molar-refractivity contribution is 5.35. The highest BCUT2D eigenvalue weighted by Gasteiger charge is 2.21. The normalized spacial score (nSPS) is 20.4. The molecule has 1 saturated heterocycles. The molecule has 0 aromatic heterocycles. The first-order valence-corrected chi connectivity index (χ1v) is 5.52. The Hall–Kier alpha value is -1.23. The second-order valence-corrected chi connectivity index (χ2v) is 4.02. The van der Waals surface area contributed by atoms with E-state index in [0.29, 0.717) is 13.0 Å². The maximum absolute atomic E-state index is 13.3. The maximum Gasteiger partial charge on any atom is 0.199 e. The van der Waals surface area contributed by atoms with Gasteiger partial charge in [0.05, 0.1) is 6.61 Å². The molecule has 1 aliphatic rings. The van der Waals surface area contributed by atoms with E-state index < -0.39 is 23.7 Å². The topological polar surface area (TPSA) is 18.5 Å². The van der Waals surface area contributed by atoms with Gasteiger partial charge in [-0.3, -0.25) is 0 Å². The number of benzene rings is 1. The van der Waals surface area contributed by atoms with Gasteiger partial charge in [0.25, 0.3) is 0 Å². The van der Waals surface area contributed by atoms with Crippen molar-refractivity contribution in [2.75, 3.05) is 6.61 Å². The molecule has 1 unspecified atom stereocenters. The average molecular weight is 246 g/mol. The van der Waals surface area contributed by atoms with Gasteiger partial charge < -0.3 is 9.47 Å². The molecule has 0 amide bonds. The number of hydrogen-bond acceptors (Lipinski definition) is 2. The Balaban J connectivity index is 2.20. The molecule has 5 heteroatoms. The van der Waals surface area contributed by atoms with Gasteiger partial charge in [-0.2, -0.15) is 0 Å². The first kappa shape index (κ1) is 12.2. The third-order valence-electron chi connectivity index (χ3n) is 2.76. The van der Waals surface area contributed by atoms with Crippen LogP contribution in [0.15, 0.2) is 6.07 Å². The van der Waals surface area contributed by atoms with Crippen molar-refractivity contribution in [2.45, 2.75) is 32.5 Å². The van der Waals surface area contributed by atoms with Crippen molar-refractivity contribution < 1.29 is 22.6 Å². The van der Waals surface area contributed by atoms with Crippen molar-refractivity contribution in [1.82, 2.24) is 0 Å². The third kappa shape index (κ3) is 2.54. The highest BCUT2D eigenvalue weighted by atomic mass is 19.2. The lowest BCUT2D eigenvalue weighted by Crippen LogP contribution is -2.25. The lowest BCUT2D eigenvalue weighted by Gasteiger charge is -2.24. The standard InChI is InChI=1S/C12H13F3O2/c1-7-9(6-8(13)12(15)11(7)14)17-10-4-2-3-5-16-10/h6,10H,2-5H2,1H3. The summed E-state index contributed by atoms with van der Waals surface area (Å²) in [5, 5.41) is 0. The number of rotatable bonds is 2. The van der Waals surface area contributed by atoms with E-state index in [0.717, 1.165) is 18.9 Å². The first-order chi connectivity index (χ1) is 8.09. The van der Waals surface area contributed by atoms with Crippen molar-refractivity contribution in [3.05, 3.63) is 29.1 Å². The molecule has 1 aromatic rings. The van der Waals surface area contributed by atoms with E-state index >= 15 is 0 Å². The SMILES string of the molecule is Cc1c(OC2CCCCO2)cc(F)c(F)c1F. The molecule has 0 radical (unpaired) electrons. The summed E-state index contributed by atoms with van der Waals surface area (Å²) in [5.74, 6) is -3.94. The zero-order chi connectivity index (χ0) is 12.4. The molecular weight excluding hydrogens is 233 g/mol. The molecule has 1 aromatic carbocycles. The molecule has 2 nitrogen and oxygen atoms in total. The van der Waals surface area contributed by atoms with Gasteiger partial charge in [0.1, 0.15) is 5.75 Å². The Morgan fingerprint density at radius 1 is 1.24 bits per heavy atom. The molecule has 2 rings (SSSR count). The third-order valence-corrected chi connectivity index (χ3v) is 2.76. The Bertz CT molecular complexity index is 415. The summed E-state index contributed by atoms with van der Waals surface area (Å²) in [5.41, 5.74) is -0.0435. The molecule has 1 atom stereocenters. The largest absolute Gasteiger partial charge is 0.464 e. The molecule has 0 bridgehead atoms. The minimum Gasteiger partial charge on any atom is -0.464 e. The Kier molecular flexibility index (Phi) is 3.57. The first-order valence-electron chi connectivity index (χ1n) is 5.52. The lowest BCUT2D eigenvalue weighted by atomic mass is 10.2. The summed E-state index contributed by atoms with van der Waals surface area (Å²) in [4.78, 5) is 0. The van der Waals surface area contributed by atoms with Crippen molar-refractivity contribution in [3.8, 4) is 5.75 Å². The van der Waals surface area contributed by atoms with Gasteiger partial charge in [0, 0.05) is 18.1 Å². The summed E-state index contributed by atoms with van der Waals surface area (Å²) in [6, 6.07) is 0.853. The van der Waals surface area contributed by atoms with Crippen molar-refractivity contribution >= 4 is 0 Å². The molecule has 94 valence electrons. The Labute approximate surface area is 97.3 Å². The highest BCUT2D eigenvalue weighted by Crippen LogP contribution is 2.28.